The lowest BCUT2D eigenvalue weighted by atomic mass is 9.79. The molecule has 1 saturated carbocycles. The predicted molar refractivity (Wildman–Crippen MR) is 98.1 cm³/mol. The summed E-state index contributed by atoms with van der Waals surface area (Å²) < 4.78 is 25.5. The topological polar surface area (TPSA) is 51.7 Å². The van der Waals surface area contributed by atoms with E-state index < -0.39 is 5.82 Å². The van der Waals surface area contributed by atoms with Crippen LogP contribution in [-0.2, 0) is 4.74 Å². The van der Waals surface area contributed by atoms with Gasteiger partial charge in [0.15, 0.2) is 0 Å². The maximum absolute atomic E-state index is 13.6. The van der Waals surface area contributed by atoms with Gasteiger partial charge in [0, 0.05) is 37.9 Å². The monoisotopic (exact) mass is 370 g/mol. The van der Waals surface area contributed by atoms with E-state index in [0.29, 0.717) is 24.4 Å². The molecular weight excluding hydrogens is 347 g/mol. The number of aromatic nitrogens is 1. The minimum absolute atomic E-state index is 0.0333. The number of amides is 1. The molecule has 4 rings (SSSR count). The van der Waals surface area contributed by atoms with Gasteiger partial charge in [0.05, 0.1) is 11.6 Å². The summed E-state index contributed by atoms with van der Waals surface area (Å²) in [5, 5.41) is 0. The molecule has 0 unspecified atom stereocenters. The molecule has 142 valence electrons. The van der Waals surface area contributed by atoms with Gasteiger partial charge in [-0.15, -0.1) is 0 Å². The van der Waals surface area contributed by atoms with Crippen LogP contribution in [0.5, 0.6) is 5.88 Å². The molecule has 2 aliphatic rings. The third-order valence-electron chi connectivity index (χ3n) is 5.80. The van der Waals surface area contributed by atoms with Crippen LogP contribution in [-0.4, -0.2) is 47.2 Å². The molecule has 5 nitrogen and oxygen atoms in total. The molecule has 1 aromatic carbocycles. The Morgan fingerprint density at radius 3 is 2.89 bits per heavy atom. The maximum Gasteiger partial charge on any atom is 0.254 e. The van der Waals surface area contributed by atoms with Crippen molar-refractivity contribution in [1.82, 2.24) is 9.88 Å². The number of nitrogens with zero attached hydrogens (tertiary/aromatic N) is 2. The van der Waals surface area contributed by atoms with Gasteiger partial charge in [-0.1, -0.05) is 12.1 Å². The van der Waals surface area contributed by atoms with Crippen LogP contribution < -0.4 is 4.74 Å². The van der Waals surface area contributed by atoms with Crippen molar-refractivity contribution in [3.05, 3.63) is 60.0 Å². The van der Waals surface area contributed by atoms with Crippen LogP contribution in [0.2, 0.25) is 0 Å². The van der Waals surface area contributed by atoms with E-state index in [2.05, 4.69) is 4.98 Å². The Balaban J connectivity index is 1.55. The SMILES string of the molecule is CO[C@@]12CC[C@H](Oc3ccccn3)C[C@@H]1N(C(=O)c1cccc(F)c1)CC2. The van der Waals surface area contributed by atoms with Crippen LogP contribution in [0.25, 0.3) is 0 Å². The minimum Gasteiger partial charge on any atom is -0.474 e. The Morgan fingerprint density at radius 2 is 2.15 bits per heavy atom. The first-order valence-corrected chi connectivity index (χ1v) is 9.31. The Bertz CT molecular complexity index is 816. The molecule has 1 aromatic heterocycles. The smallest absolute Gasteiger partial charge is 0.254 e. The number of benzene rings is 1. The number of hydrogen-bond acceptors (Lipinski definition) is 4. The largest absolute Gasteiger partial charge is 0.474 e. The molecule has 1 aliphatic carbocycles. The zero-order valence-corrected chi connectivity index (χ0v) is 15.3. The van der Waals surface area contributed by atoms with Gasteiger partial charge < -0.3 is 14.4 Å². The zero-order valence-electron chi connectivity index (χ0n) is 15.3. The van der Waals surface area contributed by atoms with Gasteiger partial charge in [-0.2, -0.15) is 0 Å². The minimum atomic E-state index is -0.405. The molecule has 1 aliphatic heterocycles. The Labute approximate surface area is 158 Å². The number of rotatable bonds is 4. The quantitative estimate of drug-likeness (QED) is 0.827. The van der Waals surface area contributed by atoms with Gasteiger partial charge in [0.1, 0.15) is 11.9 Å². The Hall–Kier alpha value is -2.47. The molecule has 2 aromatic rings. The van der Waals surface area contributed by atoms with Crippen molar-refractivity contribution >= 4 is 5.91 Å². The summed E-state index contributed by atoms with van der Waals surface area (Å²) in [6.45, 7) is 0.601. The molecule has 2 heterocycles. The van der Waals surface area contributed by atoms with Crippen molar-refractivity contribution in [2.75, 3.05) is 13.7 Å². The number of carbonyl (C=O) groups excluding carboxylic acids is 1. The molecule has 6 heteroatoms. The van der Waals surface area contributed by atoms with Crippen LogP contribution in [0, 0.1) is 5.82 Å². The van der Waals surface area contributed by atoms with Crippen molar-refractivity contribution in [3.63, 3.8) is 0 Å². The van der Waals surface area contributed by atoms with Crippen molar-refractivity contribution < 1.29 is 18.7 Å². The van der Waals surface area contributed by atoms with Gasteiger partial charge >= 0.3 is 0 Å². The molecule has 0 bridgehead atoms. The summed E-state index contributed by atoms with van der Waals surface area (Å²) in [7, 11) is 1.71. The first-order valence-electron chi connectivity index (χ1n) is 9.31. The van der Waals surface area contributed by atoms with Crippen LogP contribution in [0.3, 0.4) is 0 Å². The van der Waals surface area contributed by atoms with Crippen LogP contribution in [0.15, 0.2) is 48.7 Å². The second kappa shape index (κ2) is 7.27. The molecule has 0 N–H and O–H groups in total. The maximum atomic E-state index is 13.6. The van der Waals surface area contributed by atoms with Crippen LogP contribution in [0.1, 0.15) is 36.0 Å². The lowest BCUT2D eigenvalue weighted by Gasteiger charge is -2.43. The highest BCUT2D eigenvalue weighted by Gasteiger charge is 2.53. The highest BCUT2D eigenvalue weighted by molar-refractivity contribution is 5.94. The molecule has 3 atom stereocenters. The number of methoxy groups -OCH3 is 1. The number of ether oxygens (including phenoxy) is 2. The van der Waals surface area contributed by atoms with E-state index in [0.717, 1.165) is 19.3 Å². The molecular formula is C21H23FN2O3. The summed E-state index contributed by atoms with van der Waals surface area (Å²) in [5.41, 5.74) is 0.0159. The number of likely N-dealkylation sites (tertiary alicyclic amines) is 1. The number of halogens is 1. The first-order chi connectivity index (χ1) is 13.1. The summed E-state index contributed by atoms with van der Waals surface area (Å²) in [4.78, 5) is 19.1. The Morgan fingerprint density at radius 1 is 1.26 bits per heavy atom. The van der Waals surface area contributed by atoms with Crippen LogP contribution >= 0.6 is 0 Å². The fourth-order valence-corrected chi connectivity index (χ4v) is 4.39. The number of hydrogen-bond donors (Lipinski definition) is 0. The summed E-state index contributed by atoms with van der Waals surface area (Å²) in [6.07, 6.45) is 4.79. The molecule has 1 saturated heterocycles. The summed E-state index contributed by atoms with van der Waals surface area (Å²) in [5.74, 6) is 0.0309. The fourth-order valence-electron chi connectivity index (χ4n) is 4.39. The highest BCUT2D eigenvalue weighted by atomic mass is 19.1. The molecule has 0 radical (unpaired) electrons. The van der Waals surface area contributed by atoms with Crippen molar-refractivity contribution in [3.8, 4) is 5.88 Å². The standard InChI is InChI=1S/C21H23FN2O3/c1-26-21-9-8-17(27-19-7-2-3-11-23-19)14-18(21)24(12-10-21)20(25)15-5-4-6-16(22)13-15/h2-7,11,13,17-18H,8-10,12,14H2,1H3/t17-,18-,21+/m0/s1. The summed E-state index contributed by atoms with van der Waals surface area (Å²) in [6, 6.07) is 11.3. The van der Waals surface area contributed by atoms with Gasteiger partial charge in [0.25, 0.3) is 5.91 Å². The zero-order chi connectivity index (χ0) is 18.9. The van der Waals surface area contributed by atoms with Crippen molar-refractivity contribution in [1.29, 1.82) is 0 Å². The molecule has 0 spiro atoms. The van der Waals surface area contributed by atoms with E-state index in [1.54, 1.807) is 25.4 Å². The Kier molecular flexibility index (Phi) is 4.83. The van der Waals surface area contributed by atoms with E-state index in [1.165, 1.54) is 12.1 Å². The third-order valence-corrected chi connectivity index (χ3v) is 5.80. The predicted octanol–water partition coefficient (Wildman–Crippen LogP) is 3.45. The number of pyridine rings is 1. The van der Waals surface area contributed by atoms with Gasteiger partial charge in [-0.25, -0.2) is 9.37 Å². The van der Waals surface area contributed by atoms with E-state index in [1.807, 2.05) is 23.1 Å². The lowest BCUT2D eigenvalue weighted by molar-refractivity contribution is -0.0788. The van der Waals surface area contributed by atoms with Gasteiger partial charge in [0.2, 0.25) is 5.88 Å². The average molecular weight is 370 g/mol. The van der Waals surface area contributed by atoms with Crippen LogP contribution in [0.4, 0.5) is 4.39 Å². The van der Waals surface area contributed by atoms with E-state index in [-0.39, 0.29) is 23.7 Å². The second-order valence-corrected chi connectivity index (χ2v) is 7.23. The lowest BCUT2D eigenvalue weighted by Crippen LogP contribution is -2.53. The normalized spacial score (nSPS) is 27.3. The van der Waals surface area contributed by atoms with Crippen molar-refractivity contribution in [2.45, 2.75) is 43.4 Å². The van der Waals surface area contributed by atoms with E-state index in [9.17, 15) is 9.18 Å². The average Bonchev–Trinajstić information content (AvgIpc) is 3.07. The molecule has 27 heavy (non-hydrogen) atoms. The third kappa shape index (κ3) is 3.41. The fraction of sp³-hybridized carbons (Fsp3) is 0.429. The van der Waals surface area contributed by atoms with Crippen molar-refractivity contribution in [2.24, 2.45) is 0 Å². The van der Waals surface area contributed by atoms with Gasteiger partial charge in [-0.3, -0.25) is 4.79 Å². The van der Waals surface area contributed by atoms with E-state index >= 15 is 0 Å². The molecule has 1 amide bonds. The number of carbonyl (C=O) groups is 1. The highest BCUT2D eigenvalue weighted by Crippen LogP contribution is 2.43. The first kappa shape index (κ1) is 17.9. The van der Waals surface area contributed by atoms with Gasteiger partial charge in [-0.05, 0) is 43.5 Å². The second-order valence-electron chi connectivity index (χ2n) is 7.23. The van der Waals surface area contributed by atoms with E-state index in [4.69, 9.17) is 9.47 Å². The molecule has 2 fully saturated rings. The summed E-state index contributed by atoms with van der Waals surface area (Å²) >= 11 is 0. The number of fused-ring (bicyclic) bond motifs is 1.